The fourth-order valence-electron chi connectivity index (χ4n) is 2.38. The van der Waals surface area contributed by atoms with Gasteiger partial charge >= 0.3 is 5.97 Å². The molecule has 19 heavy (non-hydrogen) atoms. The van der Waals surface area contributed by atoms with Crippen LogP contribution in [0, 0.1) is 0 Å². The molecule has 1 aromatic carbocycles. The number of aryl methyl sites for hydroxylation is 1. The third-order valence-electron chi connectivity index (χ3n) is 3.46. The first-order valence-corrected chi connectivity index (χ1v) is 6.09. The largest absolute Gasteiger partial charge is 0.478 e. The van der Waals surface area contributed by atoms with Crippen LogP contribution in [0.25, 0.3) is 0 Å². The topological polar surface area (TPSA) is 71.2 Å². The van der Waals surface area contributed by atoms with E-state index in [4.69, 9.17) is 5.11 Å². The van der Waals surface area contributed by atoms with Crippen LogP contribution in [0.15, 0.2) is 24.5 Å². The smallest absolute Gasteiger partial charge is 0.335 e. The highest BCUT2D eigenvalue weighted by molar-refractivity contribution is 5.89. The van der Waals surface area contributed by atoms with Gasteiger partial charge in [-0.2, -0.15) is 5.10 Å². The van der Waals surface area contributed by atoms with Gasteiger partial charge in [-0.3, -0.25) is 4.68 Å². The van der Waals surface area contributed by atoms with Gasteiger partial charge in [-0.1, -0.05) is 6.07 Å². The van der Waals surface area contributed by atoms with E-state index in [2.05, 4.69) is 15.0 Å². The van der Waals surface area contributed by atoms with E-state index in [1.807, 2.05) is 13.1 Å². The zero-order chi connectivity index (χ0) is 13.4. The lowest BCUT2D eigenvalue weighted by molar-refractivity contribution is 0.0697. The predicted octanol–water partition coefficient (Wildman–Crippen LogP) is 1.08. The maximum absolute atomic E-state index is 11.0. The van der Waals surface area contributed by atoms with Crippen LogP contribution in [-0.4, -0.2) is 32.4 Å². The van der Waals surface area contributed by atoms with E-state index in [1.165, 1.54) is 11.9 Å². The molecule has 0 bridgehead atoms. The molecule has 0 atom stereocenters. The summed E-state index contributed by atoms with van der Waals surface area (Å²) in [5, 5.41) is 13.1. The van der Waals surface area contributed by atoms with E-state index in [9.17, 15) is 4.79 Å². The molecule has 1 aliphatic rings. The Morgan fingerprint density at radius 1 is 1.47 bits per heavy atom. The summed E-state index contributed by atoms with van der Waals surface area (Å²) >= 11 is 0. The van der Waals surface area contributed by atoms with Gasteiger partial charge in [-0.15, -0.1) is 0 Å². The van der Waals surface area contributed by atoms with Gasteiger partial charge in [0.2, 0.25) is 0 Å². The fraction of sp³-hybridized carbons (Fsp3) is 0.308. The van der Waals surface area contributed by atoms with Crippen LogP contribution in [0.4, 0.5) is 5.69 Å². The number of carbonyl (C=O) groups is 1. The molecule has 2 heterocycles. The van der Waals surface area contributed by atoms with Crippen LogP contribution >= 0.6 is 0 Å². The molecule has 1 aliphatic heterocycles. The lowest BCUT2D eigenvalue weighted by atomic mass is 10.1. The first-order valence-electron chi connectivity index (χ1n) is 6.09. The van der Waals surface area contributed by atoms with Crippen molar-refractivity contribution in [3.05, 3.63) is 41.5 Å². The number of carboxylic acid groups (broad SMARTS) is 1. The zero-order valence-electron chi connectivity index (χ0n) is 10.6. The van der Waals surface area contributed by atoms with Crippen LogP contribution in [0.1, 0.15) is 21.7 Å². The molecule has 2 aromatic rings. The maximum Gasteiger partial charge on any atom is 0.335 e. The molecule has 3 rings (SSSR count). The molecule has 0 radical (unpaired) electrons. The summed E-state index contributed by atoms with van der Waals surface area (Å²) in [6, 6.07) is 5.30. The van der Waals surface area contributed by atoms with E-state index in [-0.39, 0.29) is 0 Å². The number of carboxylic acids is 1. The minimum absolute atomic E-state index is 0.323. The summed E-state index contributed by atoms with van der Waals surface area (Å²) in [6.45, 7) is 1.53. The lowest BCUT2D eigenvalue weighted by Crippen LogP contribution is -2.22. The average molecular weight is 258 g/mol. The molecule has 0 amide bonds. The Hall–Kier alpha value is -2.37. The number of aromatic carboxylic acids is 1. The Balaban J connectivity index is 1.90. The number of benzene rings is 1. The van der Waals surface area contributed by atoms with Gasteiger partial charge in [-0.25, -0.2) is 9.78 Å². The second kappa shape index (κ2) is 4.38. The summed E-state index contributed by atoms with van der Waals surface area (Å²) in [5.74, 6) is -0.0260. The van der Waals surface area contributed by atoms with Crippen LogP contribution in [0.3, 0.4) is 0 Å². The van der Waals surface area contributed by atoms with Crippen molar-refractivity contribution in [2.45, 2.75) is 13.0 Å². The van der Waals surface area contributed by atoms with Gasteiger partial charge in [0.05, 0.1) is 12.1 Å². The van der Waals surface area contributed by atoms with Crippen molar-refractivity contribution in [3.8, 4) is 0 Å². The van der Waals surface area contributed by atoms with Gasteiger partial charge in [0.25, 0.3) is 0 Å². The molecule has 0 saturated carbocycles. The van der Waals surface area contributed by atoms with Gasteiger partial charge in [0.1, 0.15) is 12.2 Å². The molecule has 1 N–H and O–H groups in total. The van der Waals surface area contributed by atoms with E-state index in [1.54, 1.807) is 16.8 Å². The lowest BCUT2D eigenvalue weighted by Gasteiger charge is -2.18. The number of hydrogen-bond donors (Lipinski definition) is 1. The molecule has 6 nitrogen and oxygen atoms in total. The van der Waals surface area contributed by atoms with Crippen molar-refractivity contribution in [2.75, 3.05) is 11.4 Å². The summed E-state index contributed by atoms with van der Waals surface area (Å²) in [4.78, 5) is 17.4. The predicted molar refractivity (Wildman–Crippen MR) is 69.2 cm³/mol. The Labute approximate surface area is 110 Å². The van der Waals surface area contributed by atoms with Crippen LogP contribution in [0.2, 0.25) is 0 Å². The molecule has 6 heteroatoms. The highest BCUT2D eigenvalue weighted by Gasteiger charge is 2.21. The van der Waals surface area contributed by atoms with E-state index in [0.717, 1.165) is 24.5 Å². The minimum Gasteiger partial charge on any atom is -0.478 e. The highest BCUT2D eigenvalue weighted by Crippen LogP contribution is 2.30. The van der Waals surface area contributed by atoms with E-state index >= 15 is 0 Å². The monoisotopic (exact) mass is 258 g/mol. The van der Waals surface area contributed by atoms with E-state index < -0.39 is 5.97 Å². The first kappa shape index (κ1) is 11.7. The van der Waals surface area contributed by atoms with Crippen molar-refractivity contribution < 1.29 is 9.90 Å². The SMILES string of the molecule is Cn1ncnc1CN1CCc2ccc(C(=O)O)cc21. The second-order valence-electron chi connectivity index (χ2n) is 4.62. The minimum atomic E-state index is -0.895. The summed E-state index contributed by atoms with van der Waals surface area (Å²) < 4.78 is 1.74. The van der Waals surface area contributed by atoms with Gasteiger partial charge in [0.15, 0.2) is 0 Å². The molecule has 0 unspecified atom stereocenters. The number of anilines is 1. The molecule has 0 saturated heterocycles. The normalized spacial score (nSPS) is 13.6. The van der Waals surface area contributed by atoms with Crippen LogP contribution in [0.5, 0.6) is 0 Å². The van der Waals surface area contributed by atoms with Crippen molar-refractivity contribution in [1.29, 1.82) is 0 Å². The Morgan fingerprint density at radius 2 is 2.32 bits per heavy atom. The molecular formula is C13H14N4O2. The molecule has 1 aromatic heterocycles. The number of aromatic nitrogens is 3. The highest BCUT2D eigenvalue weighted by atomic mass is 16.4. The number of fused-ring (bicyclic) bond motifs is 1. The van der Waals surface area contributed by atoms with Gasteiger partial charge < -0.3 is 10.0 Å². The number of rotatable bonds is 3. The van der Waals surface area contributed by atoms with Crippen molar-refractivity contribution >= 4 is 11.7 Å². The second-order valence-corrected chi connectivity index (χ2v) is 4.62. The average Bonchev–Trinajstić information content (AvgIpc) is 2.97. The third kappa shape index (κ3) is 2.05. The Bertz CT molecular complexity index is 635. The number of hydrogen-bond acceptors (Lipinski definition) is 4. The van der Waals surface area contributed by atoms with Gasteiger partial charge in [0, 0.05) is 19.3 Å². The van der Waals surface area contributed by atoms with Crippen molar-refractivity contribution in [1.82, 2.24) is 14.8 Å². The first-order chi connectivity index (χ1) is 9.15. The van der Waals surface area contributed by atoms with E-state index in [0.29, 0.717) is 12.1 Å². The summed E-state index contributed by atoms with van der Waals surface area (Å²) in [6.07, 6.45) is 2.47. The summed E-state index contributed by atoms with van der Waals surface area (Å²) in [5.41, 5.74) is 2.50. The zero-order valence-corrected chi connectivity index (χ0v) is 10.6. The van der Waals surface area contributed by atoms with Crippen molar-refractivity contribution in [2.24, 2.45) is 7.05 Å². The fourth-order valence-corrected chi connectivity index (χ4v) is 2.38. The van der Waals surface area contributed by atoms with Crippen molar-refractivity contribution in [3.63, 3.8) is 0 Å². The summed E-state index contributed by atoms with van der Waals surface area (Å²) in [7, 11) is 1.85. The molecule has 0 aliphatic carbocycles. The molecular weight excluding hydrogens is 244 g/mol. The maximum atomic E-state index is 11.0. The molecule has 0 fully saturated rings. The Morgan fingerprint density at radius 3 is 3.00 bits per heavy atom. The molecule has 98 valence electrons. The Kier molecular flexibility index (Phi) is 2.70. The standard InChI is InChI=1S/C13H14N4O2/c1-16-12(14-8-15-16)7-17-5-4-9-2-3-10(13(18)19)6-11(9)17/h2-3,6,8H,4-5,7H2,1H3,(H,18,19). The third-order valence-corrected chi connectivity index (χ3v) is 3.46. The van der Waals surface area contributed by atoms with Gasteiger partial charge in [-0.05, 0) is 24.1 Å². The number of nitrogens with zero attached hydrogens (tertiary/aromatic N) is 4. The van der Waals surface area contributed by atoms with Crippen LogP contribution < -0.4 is 4.90 Å². The van der Waals surface area contributed by atoms with Crippen LogP contribution in [-0.2, 0) is 20.0 Å². The quantitative estimate of drug-likeness (QED) is 0.891. The molecule has 0 spiro atoms.